The normalized spacial score (nSPS) is 12.2. The van der Waals surface area contributed by atoms with Gasteiger partial charge in [-0.2, -0.15) is 0 Å². The first-order valence-electron chi connectivity index (χ1n) is 8.06. The molecule has 1 heterocycles. The molecular formula is C20H21N3O. The third kappa shape index (κ3) is 4.72. The van der Waals surface area contributed by atoms with Crippen molar-refractivity contribution >= 4 is 0 Å². The molecule has 24 heavy (non-hydrogen) atoms. The second-order valence-electron chi connectivity index (χ2n) is 5.75. The molecule has 0 aliphatic rings. The largest absolute Gasteiger partial charge is 0.387 e. The Bertz CT molecular complexity index is 678. The van der Waals surface area contributed by atoms with Gasteiger partial charge >= 0.3 is 0 Å². The Kier molecular flexibility index (Phi) is 5.66. The fourth-order valence-electron chi connectivity index (χ4n) is 2.66. The van der Waals surface area contributed by atoms with Crippen molar-refractivity contribution < 1.29 is 5.11 Å². The van der Waals surface area contributed by atoms with Crippen molar-refractivity contribution in [1.29, 1.82) is 0 Å². The molecular weight excluding hydrogens is 298 g/mol. The van der Waals surface area contributed by atoms with Gasteiger partial charge in [0.2, 0.25) is 0 Å². The smallest absolute Gasteiger partial charge is 0.142 e. The van der Waals surface area contributed by atoms with E-state index in [0.29, 0.717) is 13.1 Å². The van der Waals surface area contributed by atoms with Crippen LogP contribution in [0.3, 0.4) is 0 Å². The van der Waals surface area contributed by atoms with Gasteiger partial charge in [-0.1, -0.05) is 60.7 Å². The van der Waals surface area contributed by atoms with Crippen LogP contribution in [0.5, 0.6) is 0 Å². The lowest BCUT2D eigenvalue weighted by molar-refractivity contribution is 0.103. The van der Waals surface area contributed by atoms with Gasteiger partial charge in [0.25, 0.3) is 0 Å². The van der Waals surface area contributed by atoms with Crippen molar-refractivity contribution in [3.05, 3.63) is 96.1 Å². The summed E-state index contributed by atoms with van der Waals surface area (Å²) in [6.45, 7) is 1.86. The van der Waals surface area contributed by atoms with E-state index in [9.17, 15) is 5.11 Å². The zero-order valence-electron chi connectivity index (χ0n) is 13.5. The minimum Gasteiger partial charge on any atom is -0.387 e. The predicted octanol–water partition coefficient (Wildman–Crippen LogP) is 3.21. The van der Waals surface area contributed by atoms with E-state index in [2.05, 4.69) is 27.0 Å². The van der Waals surface area contributed by atoms with Gasteiger partial charge in [0, 0.05) is 25.5 Å². The van der Waals surface area contributed by atoms with E-state index < -0.39 is 6.10 Å². The number of aliphatic hydroxyl groups excluding tert-OH is 1. The molecule has 0 bridgehead atoms. The van der Waals surface area contributed by atoms with Crippen LogP contribution < -0.4 is 0 Å². The molecule has 1 N–H and O–H groups in total. The maximum absolute atomic E-state index is 10.6. The molecule has 0 aliphatic carbocycles. The Labute approximate surface area is 142 Å². The van der Waals surface area contributed by atoms with E-state index in [1.165, 1.54) is 5.56 Å². The number of aliphatic hydroxyl groups is 1. The highest BCUT2D eigenvalue weighted by Crippen LogP contribution is 2.16. The Morgan fingerprint density at radius 2 is 1.42 bits per heavy atom. The average Bonchev–Trinajstić information content (AvgIpc) is 2.64. The van der Waals surface area contributed by atoms with Gasteiger partial charge in [0.15, 0.2) is 0 Å². The summed E-state index contributed by atoms with van der Waals surface area (Å²) in [4.78, 5) is 10.8. The van der Waals surface area contributed by atoms with Crippen molar-refractivity contribution in [2.45, 2.75) is 19.2 Å². The van der Waals surface area contributed by atoms with Gasteiger partial charge in [0.1, 0.15) is 5.82 Å². The minimum absolute atomic E-state index is 0.525. The number of rotatable bonds is 7. The monoisotopic (exact) mass is 319 g/mol. The highest BCUT2D eigenvalue weighted by molar-refractivity contribution is 5.18. The lowest BCUT2D eigenvalue weighted by atomic mass is 10.1. The quantitative estimate of drug-likeness (QED) is 0.726. The molecule has 4 nitrogen and oxygen atoms in total. The van der Waals surface area contributed by atoms with Crippen LogP contribution in [0.1, 0.15) is 23.1 Å². The number of nitrogens with zero attached hydrogens (tertiary/aromatic N) is 3. The first-order valence-corrected chi connectivity index (χ1v) is 8.06. The van der Waals surface area contributed by atoms with Crippen LogP contribution in [0.4, 0.5) is 0 Å². The van der Waals surface area contributed by atoms with Gasteiger partial charge in [0.05, 0.1) is 12.6 Å². The average molecular weight is 319 g/mol. The Morgan fingerprint density at radius 1 is 0.792 bits per heavy atom. The van der Waals surface area contributed by atoms with Crippen molar-refractivity contribution in [3.63, 3.8) is 0 Å². The van der Waals surface area contributed by atoms with E-state index >= 15 is 0 Å². The van der Waals surface area contributed by atoms with Crippen molar-refractivity contribution in [3.8, 4) is 0 Å². The minimum atomic E-state index is -0.543. The SMILES string of the molecule is OC(CN(Cc1ccccc1)Cc1ncccn1)c1ccccc1. The second kappa shape index (κ2) is 8.34. The lowest BCUT2D eigenvalue weighted by Gasteiger charge is -2.24. The fourth-order valence-corrected chi connectivity index (χ4v) is 2.66. The van der Waals surface area contributed by atoms with Gasteiger partial charge in [-0.05, 0) is 17.2 Å². The molecule has 122 valence electrons. The number of benzene rings is 2. The van der Waals surface area contributed by atoms with Crippen LogP contribution in [0.25, 0.3) is 0 Å². The number of hydrogen-bond acceptors (Lipinski definition) is 4. The number of aromatic nitrogens is 2. The molecule has 4 heteroatoms. The first-order chi connectivity index (χ1) is 11.8. The van der Waals surface area contributed by atoms with Gasteiger partial charge in [-0.3, -0.25) is 4.90 Å². The van der Waals surface area contributed by atoms with E-state index in [1.54, 1.807) is 12.4 Å². The first kappa shape index (κ1) is 16.3. The highest BCUT2D eigenvalue weighted by atomic mass is 16.3. The van der Waals surface area contributed by atoms with Crippen LogP contribution >= 0.6 is 0 Å². The third-order valence-electron chi connectivity index (χ3n) is 3.85. The van der Waals surface area contributed by atoms with E-state index in [0.717, 1.165) is 17.9 Å². The number of hydrogen-bond donors (Lipinski definition) is 1. The Balaban J connectivity index is 1.73. The molecule has 1 aromatic heterocycles. The zero-order chi connectivity index (χ0) is 16.6. The zero-order valence-corrected chi connectivity index (χ0v) is 13.5. The van der Waals surface area contributed by atoms with Crippen LogP contribution in [-0.2, 0) is 13.1 Å². The van der Waals surface area contributed by atoms with Crippen LogP contribution in [0, 0.1) is 0 Å². The lowest BCUT2D eigenvalue weighted by Crippen LogP contribution is -2.28. The summed E-state index contributed by atoms with van der Waals surface area (Å²) in [6.07, 6.45) is 2.95. The molecule has 0 radical (unpaired) electrons. The summed E-state index contributed by atoms with van der Waals surface area (Å²) in [5, 5.41) is 10.6. The predicted molar refractivity (Wildman–Crippen MR) is 94.0 cm³/mol. The topological polar surface area (TPSA) is 49.2 Å². The molecule has 2 aromatic carbocycles. The molecule has 0 spiro atoms. The summed E-state index contributed by atoms with van der Waals surface area (Å²) in [5.74, 6) is 0.758. The highest BCUT2D eigenvalue weighted by Gasteiger charge is 2.15. The molecule has 3 aromatic rings. The van der Waals surface area contributed by atoms with Crippen molar-refractivity contribution in [2.24, 2.45) is 0 Å². The molecule has 0 saturated carbocycles. The molecule has 1 unspecified atom stereocenters. The Morgan fingerprint density at radius 3 is 2.08 bits per heavy atom. The summed E-state index contributed by atoms with van der Waals surface area (Å²) in [7, 11) is 0. The molecule has 0 amide bonds. The molecule has 3 rings (SSSR count). The summed E-state index contributed by atoms with van der Waals surface area (Å²) in [5.41, 5.74) is 2.12. The van der Waals surface area contributed by atoms with Crippen molar-refractivity contribution in [1.82, 2.24) is 14.9 Å². The van der Waals surface area contributed by atoms with Gasteiger partial charge < -0.3 is 5.11 Å². The standard InChI is InChI=1S/C20H21N3O/c24-19(18-10-5-2-6-11-18)15-23(14-17-8-3-1-4-9-17)16-20-21-12-7-13-22-20/h1-13,19,24H,14-16H2. The summed E-state index contributed by atoms with van der Waals surface area (Å²) < 4.78 is 0. The van der Waals surface area contributed by atoms with Gasteiger partial charge in [-0.25, -0.2) is 9.97 Å². The van der Waals surface area contributed by atoms with Crippen LogP contribution in [-0.4, -0.2) is 26.5 Å². The second-order valence-corrected chi connectivity index (χ2v) is 5.75. The van der Waals surface area contributed by atoms with E-state index in [1.807, 2.05) is 54.6 Å². The maximum Gasteiger partial charge on any atom is 0.142 e. The molecule has 0 fully saturated rings. The van der Waals surface area contributed by atoms with E-state index in [-0.39, 0.29) is 0 Å². The van der Waals surface area contributed by atoms with E-state index in [4.69, 9.17) is 0 Å². The maximum atomic E-state index is 10.6. The van der Waals surface area contributed by atoms with Crippen molar-refractivity contribution in [2.75, 3.05) is 6.54 Å². The van der Waals surface area contributed by atoms with Crippen LogP contribution in [0.2, 0.25) is 0 Å². The van der Waals surface area contributed by atoms with Gasteiger partial charge in [-0.15, -0.1) is 0 Å². The fraction of sp³-hybridized carbons (Fsp3) is 0.200. The summed E-state index contributed by atoms with van der Waals surface area (Å²) >= 11 is 0. The molecule has 0 saturated heterocycles. The summed E-state index contributed by atoms with van der Waals surface area (Å²) in [6, 6.07) is 21.8. The molecule has 0 aliphatic heterocycles. The van der Waals surface area contributed by atoms with Crippen LogP contribution in [0.15, 0.2) is 79.1 Å². The molecule has 1 atom stereocenters. The third-order valence-corrected chi connectivity index (χ3v) is 3.85. The Hall–Kier alpha value is -2.56.